The maximum atomic E-state index is 9.18. The predicted molar refractivity (Wildman–Crippen MR) is 65.5 cm³/mol. The van der Waals surface area contributed by atoms with Crippen molar-refractivity contribution < 1.29 is 19.3 Å². The highest BCUT2D eigenvalue weighted by Crippen LogP contribution is 2.25. The van der Waals surface area contributed by atoms with Gasteiger partial charge in [-0.3, -0.25) is 0 Å². The molecule has 0 unspecified atom stereocenters. The number of aliphatic hydroxyl groups excluding tert-OH is 1. The quantitative estimate of drug-likeness (QED) is 0.706. The summed E-state index contributed by atoms with van der Waals surface area (Å²) in [5, 5.41) is 9.18. The number of hydrogen-bond donors (Lipinski definition) is 1. The Bertz CT molecular complexity index is 325. The molecule has 4 heteroatoms. The summed E-state index contributed by atoms with van der Waals surface area (Å²) in [6.45, 7) is 1.33. The zero-order valence-electron chi connectivity index (χ0n) is 10.4. The third-order valence-corrected chi connectivity index (χ3v) is 2.45. The van der Waals surface area contributed by atoms with Gasteiger partial charge in [-0.1, -0.05) is 0 Å². The van der Waals surface area contributed by atoms with Gasteiger partial charge in [0.05, 0.1) is 20.3 Å². The van der Waals surface area contributed by atoms with Crippen LogP contribution in [0.5, 0.6) is 11.5 Å². The van der Waals surface area contributed by atoms with Crippen molar-refractivity contribution in [1.82, 2.24) is 0 Å². The van der Waals surface area contributed by atoms with Gasteiger partial charge in [-0.05, 0) is 25.0 Å². The van der Waals surface area contributed by atoms with Crippen molar-refractivity contribution >= 4 is 0 Å². The van der Waals surface area contributed by atoms with Crippen LogP contribution in [0.25, 0.3) is 0 Å². The van der Waals surface area contributed by atoms with Gasteiger partial charge in [0.25, 0.3) is 0 Å². The molecule has 0 saturated heterocycles. The van der Waals surface area contributed by atoms with Crippen LogP contribution in [-0.4, -0.2) is 32.5 Å². The van der Waals surface area contributed by atoms with Gasteiger partial charge in [-0.2, -0.15) is 0 Å². The van der Waals surface area contributed by atoms with Crippen molar-refractivity contribution in [2.45, 2.75) is 19.4 Å². The standard InChI is InChI=1S/C13H20O4/c1-15-7-3-4-8-17-13-9-12(16-2)6-5-11(13)10-14/h5-6,9,14H,3-4,7-8,10H2,1-2H3. The van der Waals surface area contributed by atoms with Gasteiger partial charge in [0.2, 0.25) is 0 Å². The fourth-order valence-corrected chi connectivity index (χ4v) is 1.46. The van der Waals surface area contributed by atoms with Crippen LogP contribution in [0, 0.1) is 0 Å². The minimum atomic E-state index is -0.0304. The van der Waals surface area contributed by atoms with Crippen LogP contribution in [0.2, 0.25) is 0 Å². The van der Waals surface area contributed by atoms with E-state index in [9.17, 15) is 5.11 Å². The fourth-order valence-electron chi connectivity index (χ4n) is 1.46. The lowest BCUT2D eigenvalue weighted by Gasteiger charge is -2.11. The summed E-state index contributed by atoms with van der Waals surface area (Å²) in [6.07, 6.45) is 1.89. The molecule has 1 aromatic rings. The minimum Gasteiger partial charge on any atom is -0.497 e. The first-order chi connectivity index (χ1) is 8.31. The molecule has 1 rings (SSSR count). The molecule has 0 aliphatic heterocycles. The summed E-state index contributed by atoms with van der Waals surface area (Å²) in [5.41, 5.74) is 0.776. The molecular formula is C13H20O4. The van der Waals surface area contributed by atoms with Gasteiger partial charge >= 0.3 is 0 Å². The van der Waals surface area contributed by atoms with Gasteiger partial charge in [0.1, 0.15) is 11.5 Å². The largest absolute Gasteiger partial charge is 0.497 e. The highest BCUT2D eigenvalue weighted by Gasteiger charge is 2.04. The van der Waals surface area contributed by atoms with Crippen LogP contribution in [-0.2, 0) is 11.3 Å². The van der Waals surface area contributed by atoms with Crippen molar-refractivity contribution in [1.29, 1.82) is 0 Å². The molecule has 96 valence electrons. The molecule has 0 radical (unpaired) electrons. The summed E-state index contributed by atoms with van der Waals surface area (Å²) in [5.74, 6) is 1.42. The Balaban J connectivity index is 2.49. The highest BCUT2D eigenvalue weighted by atomic mass is 16.5. The zero-order chi connectivity index (χ0) is 12.5. The van der Waals surface area contributed by atoms with Crippen LogP contribution in [0.3, 0.4) is 0 Å². The first-order valence-corrected chi connectivity index (χ1v) is 5.71. The Morgan fingerprint density at radius 3 is 2.53 bits per heavy atom. The Labute approximate surface area is 102 Å². The van der Waals surface area contributed by atoms with E-state index >= 15 is 0 Å². The number of aliphatic hydroxyl groups is 1. The zero-order valence-corrected chi connectivity index (χ0v) is 10.4. The van der Waals surface area contributed by atoms with Crippen molar-refractivity contribution in [3.8, 4) is 11.5 Å². The molecule has 1 aromatic carbocycles. The van der Waals surface area contributed by atoms with Gasteiger partial charge in [-0.15, -0.1) is 0 Å². The number of rotatable bonds is 8. The van der Waals surface area contributed by atoms with Gasteiger partial charge in [-0.25, -0.2) is 0 Å². The normalized spacial score (nSPS) is 10.3. The van der Waals surface area contributed by atoms with E-state index in [4.69, 9.17) is 14.2 Å². The molecule has 0 saturated carbocycles. The maximum Gasteiger partial charge on any atom is 0.128 e. The number of methoxy groups -OCH3 is 2. The van der Waals surface area contributed by atoms with Crippen molar-refractivity contribution in [3.05, 3.63) is 23.8 Å². The average Bonchev–Trinajstić information content (AvgIpc) is 2.38. The third-order valence-electron chi connectivity index (χ3n) is 2.45. The summed E-state index contributed by atoms with van der Waals surface area (Å²) < 4.78 is 15.7. The molecule has 0 bridgehead atoms. The van der Waals surface area contributed by atoms with Gasteiger partial charge in [0, 0.05) is 25.3 Å². The van der Waals surface area contributed by atoms with E-state index < -0.39 is 0 Å². The molecule has 0 aliphatic rings. The highest BCUT2D eigenvalue weighted by molar-refractivity contribution is 5.40. The lowest BCUT2D eigenvalue weighted by atomic mass is 10.2. The maximum absolute atomic E-state index is 9.18. The number of unbranched alkanes of at least 4 members (excludes halogenated alkanes) is 1. The lowest BCUT2D eigenvalue weighted by Crippen LogP contribution is -2.02. The van der Waals surface area contributed by atoms with E-state index in [0.717, 1.165) is 30.8 Å². The minimum absolute atomic E-state index is 0.0304. The third kappa shape index (κ3) is 4.63. The number of hydrogen-bond acceptors (Lipinski definition) is 4. The lowest BCUT2D eigenvalue weighted by molar-refractivity contribution is 0.183. The SMILES string of the molecule is COCCCCOc1cc(OC)ccc1CO. The van der Waals surface area contributed by atoms with Crippen LogP contribution in [0.4, 0.5) is 0 Å². The Hall–Kier alpha value is -1.26. The van der Waals surface area contributed by atoms with E-state index in [1.54, 1.807) is 20.3 Å². The van der Waals surface area contributed by atoms with E-state index in [0.29, 0.717) is 12.4 Å². The molecule has 0 fully saturated rings. The van der Waals surface area contributed by atoms with E-state index in [1.807, 2.05) is 12.1 Å². The molecule has 0 aliphatic carbocycles. The summed E-state index contributed by atoms with van der Waals surface area (Å²) in [6, 6.07) is 5.41. The molecule has 0 aromatic heterocycles. The van der Waals surface area contributed by atoms with Crippen molar-refractivity contribution in [2.75, 3.05) is 27.4 Å². The first-order valence-electron chi connectivity index (χ1n) is 5.71. The first kappa shape index (κ1) is 13.8. The van der Waals surface area contributed by atoms with Crippen LogP contribution < -0.4 is 9.47 Å². The average molecular weight is 240 g/mol. The summed E-state index contributed by atoms with van der Waals surface area (Å²) in [7, 11) is 3.29. The van der Waals surface area contributed by atoms with Crippen molar-refractivity contribution in [2.24, 2.45) is 0 Å². The van der Waals surface area contributed by atoms with E-state index in [-0.39, 0.29) is 6.61 Å². The van der Waals surface area contributed by atoms with E-state index in [2.05, 4.69) is 0 Å². The van der Waals surface area contributed by atoms with Crippen LogP contribution >= 0.6 is 0 Å². The molecule has 0 heterocycles. The molecule has 0 atom stereocenters. The monoisotopic (exact) mass is 240 g/mol. The Kier molecular flexibility index (Phi) is 6.43. The molecule has 17 heavy (non-hydrogen) atoms. The topological polar surface area (TPSA) is 47.9 Å². The fraction of sp³-hybridized carbons (Fsp3) is 0.538. The second-order valence-electron chi connectivity index (χ2n) is 3.68. The number of benzene rings is 1. The van der Waals surface area contributed by atoms with Gasteiger partial charge < -0.3 is 19.3 Å². The molecule has 0 amide bonds. The van der Waals surface area contributed by atoms with Crippen molar-refractivity contribution in [3.63, 3.8) is 0 Å². The van der Waals surface area contributed by atoms with Gasteiger partial charge in [0.15, 0.2) is 0 Å². The predicted octanol–water partition coefficient (Wildman–Crippen LogP) is 1.99. The molecule has 1 N–H and O–H groups in total. The number of ether oxygens (including phenoxy) is 3. The van der Waals surface area contributed by atoms with E-state index in [1.165, 1.54) is 0 Å². The molecular weight excluding hydrogens is 220 g/mol. The summed E-state index contributed by atoms with van der Waals surface area (Å²) in [4.78, 5) is 0. The summed E-state index contributed by atoms with van der Waals surface area (Å²) >= 11 is 0. The Morgan fingerprint density at radius 1 is 1.12 bits per heavy atom. The smallest absolute Gasteiger partial charge is 0.128 e. The Morgan fingerprint density at radius 2 is 1.88 bits per heavy atom. The van der Waals surface area contributed by atoms with Crippen LogP contribution in [0.15, 0.2) is 18.2 Å². The second-order valence-corrected chi connectivity index (χ2v) is 3.68. The second kappa shape index (κ2) is 7.92. The molecule has 4 nitrogen and oxygen atoms in total. The van der Waals surface area contributed by atoms with Crippen LogP contribution in [0.1, 0.15) is 18.4 Å². The molecule has 0 spiro atoms.